The molecular formula is C21H30N2O4S. The molecule has 0 unspecified atom stereocenters. The monoisotopic (exact) mass is 406 g/mol. The number of nitrogens with zero attached hydrogens (tertiary/aromatic N) is 2. The largest absolute Gasteiger partial charge is 0.495 e. The van der Waals surface area contributed by atoms with Crippen LogP contribution in [0.2, 0.25) is 0 Å². The van der Waals surface area contributed by atoms with Crippen LogP contribution in [0.25, 0.3) is 0 Å². The van der Waals surface area contributed by atoms with Crippen molar-refractivity contribution in [2.75, 3.05) is 26.7 Å². The van der Waals surface area contributed by atoms with E-state index in [0.29, 0.717) is 36.4 Å². The van der Waals surface area contributed by atoms with Gasteiger partial charge in [0.05, 0.1) is 7.11 Å². The zero-order valence-electron chi connectivity index (χ0n) is 16.6. The van der Waals surface area contributed by atoms with Gasteiger partial charge < -0.3 is 9.64 Å². The molecule has 0 radical (unpaired) electrons. The number of rotatable bonds is 7. The van der Waals surface area contributed by atoms with Crippen LogP contribution in [0.5, 0.6) is 5.75 Å². The van der Waals surface area contributed by atoms with E-state index in [1.165, 1.54) is 26.0 Å². The highest BCUT2D eigenvalue weighted by atomic mass is 32.2. The summed E-state index contributed by atoms with van der Waals surface area (Å²) in [5, 5.41) is 0. The Morgan fingerprint density at radius 1 is 1.11 bits per heavy atom. The van der Waals surface area contributed by atoms with Crippen molar-refractivity contribution in [2.45, 2.75) is 62.3 Å². The molecule has 154 valence electrons. The van der Waals surface area contributed by atoms with Crippen molar-refractivity contribution in [1.29, 1.82) is 0 Å². The zero-order chi connectivity index (χ0) is 19.7. The standard InChI is InChI=1S/C21H30N2O4S/c1-27-19-11-8-17(21(24)23(18-9-10-18)15-16-6-7-16)14-20(19)28(25,26)22-12-4-2-3-5-13-22/h8,11,14,16,18H,2-7,9-10,12-13,15H2,1H3. The van der Waals surface area contributed by atoms with Crippen molar-refractivity contribution in [1.82, 2.24) is 9.21 Å². The van der Waals surface area contributed by atoms with Gasteiger partial charge in [-0.1, -0.05) is 12.8 Å². The molecule has 0 aromatic heterocycles. The molecular weight excluding hydrogens is 376 g/mol. The van der Waals surface area contributed by atoms with Gasteiger partial charge in [0.1, 0.15) is 10.6 Å². The Labute approximate surface area is 167 Å². The number of carbonyl (C=O) groups is 1. The molecule has 1 heterocycles. The van der Waals surface area contributed by atoms with Crippen molar-refractivity contribution in [2.24, 2.45) is 5.92 Å². The van der Waals surface area contributed by atoms with Crippen LogP contribution >= 0.6 is 0 Å². The van der Waals surface area contributed by atoms with Crippen LogP contribution in [0.1, 0.15) is 61.7 Å². The summed E-state index contributed by atoms with van der Waals surface area (Å²) in [6.07, 6.45) is 8.33. The molecule has 1 aliphatic heterocycles. The Hall–Kier alpha value is -1.60. The molecule has 28 heavy (non-hydrogen) atoms. The van der Waals surface area contributed by atoms with Gasteiger partial charge in [0.25, 0.3) is 5.91 Å². The maximum absolute atomic E-state index is 13.3. The maximum atomic E-state index is 13.3. The predicted molar refractivity (Wildman–Crippen MR) is 107 cm³/mol. The van der Waals surface area contributed by atoms with Gasteiger partial charge in [-0.15, -0.1) is 0 Å². The lowest BCUT2D eigenvalue weighted by Crippen LogP contribution is -2.35. The number of hydrogen-bond donors (Lipinski definition) is 0. The van der Waals surface area contributed by atoms with Gasteiger partial charge in [-0.2, -0.15) is 4.31 Å². The number of ether oxygens (including phenoxy) is 1. The Morgan fingerprint density at radius 3 is 2.36 bits per heavy atom. The molecule has 0 bridgehead atoms. The van der Waals surface area contributed by atoms with Crippen molar-refractivity contribution < 1.29 is 17.9 Å². The highest BCUT2D eigenvalue weighted by Crippen LogP contribution is 2.36. The van der Waals surface area contributed by atoms with Gasteiger partial charge in [0.2, 0.25) is 10.0 Å². The maximum Gasteiger partial charge on any atom is 0.254 e. The van der Waals surface area contributed by atoms with Crippen molar-refractivity contribution >= 4 is 15.9 Å². The first kappa shape index (κ1) is 19.7. The number of methoxy groups -OCH3 is 1. The highest BCUT2D eigenvalue weighted by Gasteiger charge is 2.37. The molecule has 0 spiro atoms. The lowest BCUT2D eigenvalue weighted by atomic mass is 10.1. The van der Waals surface area contributed by atoms with Crippen LogP contribution in [-0.4, -0.2) is 56.3 Å². The Morgan fingerprint density at radius 2 is 1.79 bits per heavy atom. The minimum absolute atomic E-state index is 0.0515. The van der Waals surface area contributed by atoms with Crippen LogP contribution in [0.3, 0.4) is 0 Å². The second kappa shape index (κ2) is 8.03. The van der Waals surface area contributed by atoms with Crippen LogP contribution in [0, 0.1) is 5.92 Å². The van der Waals surface area contributed by atoms with E-state index in [9.17, 15) is 13.2 Å². The van der Waals surface area contributed by atoms with Gasteiger partial charge in [-0.25, -0.2) is 8.42 Å². The SMILES string of the molecule is COc1ccc(C(=O)N(CC2CC2)C2CC2)cc1S(=O)(=O)N1CCCCCC1. The third-order valence-electron chi connectivity index (χ3n) is 5.99. The molecule has 2 saturated carbocycles. The molecule has 3 fully saturated rings. The molecule has 1 aromatic carbocycles. The van der Waals surface area contributed by atoms with E-state index in [4.69, 9.17) is 4.74 Å². The van der Waals surface area contributed by atoms with Crippen LogP contribution in [0.15, 0.2) is 23.1 Å². The van der Waals surface area contributed by atoms with Gasteiger partial charge in [-0.05, 0) is 62.6 Å². The molecule has 0 atom stereocenters. The van der Waals surface area contributed by atoms with E-state index in [2.05, 4.69) is 0 Å². The Bertz CT molecular complexity index is 823. The lowest BCUT2D eigenvalue weighted by molar-refractivity contribution is 0.0734. The van der Waals surface area contributed by atoms with E-state index in [1.807, 2.05) is 4.90 Å². The number of benzene rings is 1. The molecule has 4 rings (SSSR count). The van der Waals surface area contributed by atoms with E-state index in [0.717, 1.165) is 45.1 Å². The van der Waals surface area contributed by atoms with E-state index in [-0.39, 0.29) is 10.8 Å². The topological polar surface area (TPSA) is 66.9 Å². The van der Waals surface area contributed by atoms with E-state index in [1.54, 1.807) is 16.4 Å². The average molecular weight is 407 g/mol. The van der Waals surface area contributed by atoms with Gasteiger partial charge in [-0.3, -0.25) is 4.79 Å². The van der Waals surface area contributed by atoms with Crippen LogP contribution in [0.4, 0.5) is 0 Å². The third-order valence-corrected chi connectivity index (χ3v) is 7.91. The second-order valence-electron chi connectivity index (χ2n) is 8.32. The van der Waals surface area contributed by atoms with Crippen molar-refractivity contribution in [3.05, 3.63) is 23.8 Å². The smallest absolute Gasteiger partial charge is 0.254 e. The van der Waals surface area contributed by atoms with Gasteiger partial charge in [0, 0.05) is 31.2 Å². The van der Waals surface area contributed by atoms with Crippen molar-refractivity contribution in [3.8, 4) is 5.75 Å². The Kier molecular flexibility index (Phi) is 5.65. The summed E-state index contributed by atoms with van der Waals surface area (Å²) < 4.78 is 33.5. The molecule has 3 aliphatic rings. The normalized spacial score (nSPS) is 21.2. The number of sulfonamides is 1. The molecule has 1 saturated heterocycles. The first-order chi connectivity index (χ1) is 13.5. The fourth-order valence-electron chi connectivity index (χ4n) is 3.96. The first-order valence-corrected chi connectivity index (χ1v) is 11.9. The third kappa shape index (κ3) is 4.20. The fraction of sp³-hybridized carbons (Fsp3) is 0.667. The minimum Gasteiger partial charge on any atom is -0.495 e. The summed E-state index contributed by atoms with van der Waals surface area (Å²) in [6.45, 7) is 1.85. The lowest BCUT2D eigenvalue weighted by Gasteiger charge is -2.24. The number of hydrogen-bond acceptors (Lipinski definition) is 4. The summed E-state index contributed by atoms with van der Waals surface area (Å²) in [7, 11) is -2.21. The highest BCUT2D eigenvalue weighted by molar-refractivity contribution is 7.89. The fourth-order valence-corrected chi connectivity index (χ4v) is 5.66. The summed E-state index contributed by atoms with van der Waals surface area (Å²) in [5.41, 5.74) is 0.446. The van der Waals surface area contributed by atoms with Gasteiger partial charge in [0.15, 0.2) is 0 Å². The summed E-state index contributed by atoms with van der Waals surface area (Å²) >= 11 is 0. The minimum atomic E-state index is -3.69. The average Bonchev–Trinajstić information content (AvgIpc) is 3.58. The number of carbonyl (C=O) groups excluding carboxylic acids is 1. The second-order valence-corrected chi connectivity index (χ2v) is 10.2. The van der Waals surface area contributed by atoms with Gasteiger partial charge >= 0.3 is 0 Å². The summed E-state index contributed by atoms with van der Waals surface area (Å²) in [5.74, 6) is 0.869. The van der Waals surface area contributed by atoms with Crippen LogP contribution < -0.4 is 4.74 Å². The molecule has 2 aliphatic carbocycles. The number of amides is 1. The summed E-state index contributed by atoms with van der Waals surface area (Å²) in [6, 6.07) is 5.18. The molecule has 7 heteroatoms. The molecule has 0 N–H and O–H groups in total. The van der Waals surface area contributed by atoms with Crippen LogP contribution in [-0.2, 0) is 10.0 Å². The summed E-state index contributed by atoms with van der Waals surface area (Å²) in [4.78, 5) is 15.3. The molecule has 6 nitrogen and oxygen atoms in total. The Balaban J connectivity index is 1.64. The first-order valence-electron chi connectivity index (χ1n) is 10.5. The molecule has 1 amide bonds. The molecule has 1 aromatic rings. The predicted octanol–water partition coefficient (Wildman–Crippen LogP) is 3.27. The van der Waals surface area contributed by atoms with E-state index >= 15 is 0 Å². The van der Waals surface area contributed by atoms with E-state index < -0.39 is 10.0 Å². The zero-order valence-corrected chi connectivity index (χ0v) is 17.4. The van der Waals surface area contributed by atoms with Crippen molar-refractivity contribution in [3.63, 3.8) is 0 Å². The quantitative estimate of drug-likeness (QED) is 0.697.